The molecular formula is C19H17N5O2. The van der Waals surface area contributed by atoms with E-state index in [4.69, 9.17) is 10.00 Å². The van der Waals surface area contributed by atoms with Gasteiger partial charge in [0.1, 0.15) is 18.4 Å². The second kappa shape index (κ2) is 7.94. The summed E-state index contributed by atoms with van der Waals surface area (Å²) in [6.45, 7) is 2.18. The number of anilines is 1. The van der Waals surface area contributed by atoms with E-state index in [9.17, 15) is 4.79 Å². The van der Waals surface area contributed by atoms with Crippen molar-refractivity contribution in [3.05, 3.63) is 72.3 Å². The van der Waals surface area contributed by atoms with E-state index >= 15 is 0 Å². The minimum absolute atomic E-state index is 0.264. The summed E-state index contributed by atoms with van der Waals surface area (Å²) in [5, 5.41) is 15.8. The standard InChI is InChI=1S/C19H17N5O2/c1-14(26-17-8-6-15(10-20)7-9-17)19(25)23-18-5-3-2-4-16(18)11-24-13-21-12-22-24/h2-9,12-14H,11H2,1H3,(H,23,25). The summed E-state index contributed by atoms with van der Waals surface area (Å²) in [4.78, 5) is 16.4. The normalized spacial score (nSPS) is 11.4. The molecule has 0 bridgehead atoms. The first-order chi connectivity index (χ1) is 12.7. The Morgan fingerprint density at radius 2 is 2.04 bits per heavy atom. The SMILES string of the molecule is CC(Oc1ccc(C#N)cc1)C(=O)Nc1ccccc1Cn1cncn1. The average Bonchev–Trinajstić information content (AvgIpc) is 3.17. The molecule has 26 heavy (non-hydrogen) atoms. The topological polar surface area (TPSA) is 92.8 Å². The van der Waals surface area contributed by atoms with E-state index in [-0.39, 0.29) is 5.91 Å². The van der Waals surface area contributed by atoms with Crippen LogP contribution >= 0.6 is 0 Å². The van der Waals surface area contributed by atoms with Crippen molar-refractivity contribution in [3.63, 3.8) is 0 Å². The van der Waals surface area contributed by atoms with E-state index in [1.807, 2.05) is 30.3 Å². The zero-order valence-electron chi connectivity index (χ0n) is 14.2. The van der Waals surface area contributed by atoms with Crippen LogP contribution in [-0.4, -0.2) is 26.8 Å². The number of nitrogens with one attached hydrogen (secondary N) is 1. The number of hydrogen-bond acceptors (Lipinski definition) is 5. The Balaban J connectivity index is 1.66. The van der Waals surface area contributed by atoms with Gasteiger partial charge in [-0.05, 0) is 42.8 Å². The Hall–Kier alpha value is -3.66. The van der Waals surface area contributed by atoms with Crippen LogP contribution in [0.3, 0.4) is 0 Å². The number of hydrogen-bond donors (Lipinski definition) is 1. The third kappa shape index (κ3) is 4.24. The van der Waals surface area contributed by atoms with E-state index in [1.165, 1.54) is 6.33 Å². The minimum atomic E-state index is -0.692. The number of amides is 1. The third-order valence-corrected chi connectivity index (χ3v) is 3.74. The molecule has 1 N–H and O–H groups in total. The number of aromatic nitrogens is 3. The Labute approximate surface area is 150 Å². The number of nitrogens with zero attached hydrogens (tertiary/aromatic N) is 4. The van der Waals surface area contributed by atoms with E-state index in [2.05, 4.69) is 15.4 Å². The van der Waals surface area contributed by atoms with Crippen LogP contribution in [0.2, 0.25) is 0 Å². The molecule has 0 aliphatic carbocycles. The van der Waals surface area contributed by atoms with Gasteiger partial charge in [0, 0.05) is 5.69 Å². The van der Waals surface area contributed by atoms with E-state index < -0.39 is 6.10 Å². The molecule has 0 aliphatic rings. The highest BCUT2D eigenvalue weighted by Gasteiger charge is 2.16. The summed E-state index contributed by atoms with van der Waals surface area (Å²) >= 11 is 0. The number of para-hydroxylation sites is 1. The zero-order chi connectivity index (χ0) is 18.4. The molecule has 130 valence electrons. The van der Waals surface area contributed by atoms with Crippen LogP contribution in [0.25, 0.3) is 0 Å². The first-order valence-corrected chi connectivity index (χ1v) is 8.03. The number of benzene rings is 2. The molecule has 0 radical (unpaired) electrons. The molecule has 1 atom stereocenters. The van der Waals surface area contributed by atoms with Crippen LogP contribution in [0.5, 0.6) is 5.75 Å². The molecule has 7 nitrogen and oxygen atoms in total. The molecule has 3 aromatic rings. The second-order valence-electron chi connectivity index (χ2n) is 5.64. The van der Waals surface area contributed by atoms with Crippen molar-refractivity contribution >= 4 is 11.6 Å². The maximum absolute atomic E-state index is 12.5. The van der Waals surface area contributed by atoms with Gasteiger partial charge < -0.3 is 10.1 Å². The predicted molar refractivity (Wildman–Crippen MR) is 95.4 cm³/mol. The van der Waals surface area contributed by atoms with Crippen molar-refractivity contribution in [2.75, 3.05) is 5.32 Å². The molecular weight excluding hydrogens is 330 g/mol. The summed E-state index contributed by atoms with van der Waals surface area (Å²) in [6.07, 6.45) is 2.39. The number of ether oxygens (including phenoxy) is 1. The van der Waals surface area contributed by atoms with Crippen LogP contribution in [0.15, 0.2) is 61.2 Å². The number of carbonyl (C=O) groups excluding carboxylic acids is 1. The number of rotatable bonds is 6. The lowest BCUT2D eigenvalue weighted by Crippen LogP contribution is -2.30. The van der Waals surface area contributed by atoms with Crippen LogP contribution in [0, 0.1) is 11.3 Å². The summed E-state index contributed by atoms with van der Waals surface area (Å²) in [7, 11) is 0. The molecule has 0 spiro atoms. The van der Waals surface area contributed by atoms with Gasteiger partial charge in [-0.2, -0.15) is 10.4 Å². The van der Waals surface area contributed by atoms with Crippen molar-refractivity contribution < 1.29 is 9.53 Å². The van der Waals surface area contributed by atoms with E-state index in [0.717, 1.165) is 5.56 Å². The van der Waals surface area contributed by atoms with Gasteiger partial charge in [-0.15, -0.1) is 0 Å². The maximum atomic E-state index is 12.5. The quantitative estimate of drug-likeness (QED) is 0.740. The van der Waals surface area contributed by atoms with Gasteiger partial charge in [0.15, 0.2) is 6.10 Å². The monoisotopic (exact) mass is 347 g/mol. The highest BCUT2D eigenvalue weighted by molar-refractivity contribution is 5.94. The molecule has 0 saturated carbocycles. The van der Waals surface area contributed by atoms with Crippen LogP contribution in [-0.2, 0) is 11.3 Å². The van der Waals surface area contributed by atoms with Gasteiger partial charge in [0.25, 0.3) is 5.91 Å². The summed E-state index contributed by atoms with van der Waals surface area (Å²) in [6, 6.07) is 16.2. The molecule has 3 rings (SSSR count). The largest absolute Gasteiger partial charge is 0.481 e. The summed E-state index contributed by atoms with van der Waals surface area (Å²) in [5.41, 5.74) is 2.15. The lowest BCUT2D eigenvalue weighted by Gasteiger charge is -2.16. The second-order valence-corrected chi connectivity index (χ2v) is 5.64. The van der Waals surface area contributed by atoms with Gasteiger partial charge in [-0.1, -0.05) is 18.2 Å². The third-order valence-electron chi connectivity index (χ3n) is 3.74. The van der Waals surface area contributed by atoms with Crippen molar-refractivity contribution in [2.24, 2.45) is 0 Å². The van der Waals surface area contributed by atoms with Crippen molar-refractivity contribution in [3.8, 4) is 11.8 Å². The van der Waals surface area contributed by atoms with Crippen LogP contribution < -0.4 is 10.1 Å². The minimum Gasteiger partial charge on any atom is -0.481 e. The van der Waals surface area contributed by atoms with Gasteiger partial charge in [-0.3, -0.25) is 4.79 Å². The van der Waals surface area contributed by atoms with Crippen LogP contribution in [0.4, 0.5) is 5.69 Å². The molecule has 0 saturated heterocycles. The maximum Gasteiger partial charge on any atom is 0.265 e. The molecule has 1 heterocycles. The molecule has 1 amide bonds. The highest BCUT2D eigenvalue weighted by Crippen LogP contribution is 2.18. The first-order valence-electron chi connectivity index (χ1n) is 8.03. The molecule has 0 fully saturated rings. The van der Waals surface area contributed by atoms with Crippen molar-refractivity contribution in [1.29, 1.82) is 5.26 Å². The summed E-state index contributed by atoms with van der Waals surface area (Å²) in [5.74, 6) is 0.267. The molecule has 2 aromatic carbocycles. The van der Waals surface area contributed by atoms with Crippen molar-refractivity contribution in [1.82, 2.24) is 14.8 Å². The molecule has 0 aliphatic heterocycles. The van der Waals surface area contributed by atoms with Gasteiger partial charge in [0.2, 0.25) is 0 Å². The van der Waals surface area contributed by atoms with Crippen LogP contribution in [0.1, 0.15) is 18.1 Å². The number of nitriles is 1. The lowest BCUT2D eigenvalue weighted by molar-refractivity contribution is -0.122. The Kier molecular flexibility index (Phi) is 5.25. The summed E-state index contributed by atoms with van der Waals surface area (Å²) < 4.78 is 7.33. The zero-order valence-corrected chi connectivity index (χ0v) is 14.2. The Morgan fingerprint density at radius 3 is 2.73 bits per heavy atom. The van der Waals surface area contributed by atoms with Gasteiger partial charge in [0.05, 0.1) is 18.2 Å². The predicted octanol–water partition coefficient (Wildman–Crippen LogP) is 2.60. The fraction of sp³-hybridized carbons (Fsp3) is 0.158. The Morgan fingerprint density at radius 1 is 1.27 bits per heavy atom. The molecule has 1 aromatic heterocycles. The fourth-order valence-electron chi connectivity index (χ4n) is 2.37. The first kappa shape index (κ1) is 17.2. The van der Waals surface area contributed by atoms with Gasteiger partial charge >= 0.3 is 0 Å². The molecule has 1 unspecified atom stereocenters. The molecule has 7 heteroatoms. The fourth-order valence-corrected chi connectivity index (χ4v) is 2.37. The average molecular weight is 347 g/mol. The van der Waals surface area contributed by atoms with E-state index in [1.54, 1.807) is 42.2 Å². The lowest BCUT2D eigenvalue weighted by atomic mass is 10.1. The van der Waals surface area contributed by atoms with E-state index in [0.29, 0.717) is 23.5 Å². The van der Waals surface area contributed by atoms with Gasteiger partial charge in [-0.25, -0.2) is 9.67 Å². The Bertz CT molecular complexity index is 914. The number of carbonyl (C=O) groups is 1. The van der Waals surface area contributed by atoms with Crippen molar-refractivity contribution in [2.45, 2.75) is 19.6 Å². The smallest absolute Gasteiger partial charge is 0.265 e. The highest BCUT2D eigenvalue weighted by atomic mass is 16.5.